The zero-order valence-electron chi connectivity index (χ0n) is 14.2. The quantitative estimate of drug-likeness (QED) is 0.846. The van der Waals surface area contributed by atoms with Crippen LogP contribution in [0.2, 0.25) is 0 Å². The molecule has 0 radical (unpaired) electrons. The van der Waals surface area contributed by atoms with Gasteiger partial charge in [0.05, 0.1) is 25.4 Å². The predicted octanol–water partition coefficient (Wildman–Crippen LogP) is 2.20. The number of rotatable bonds is 6. The van der Waals surface area contributed by atoms with Crippen molar-refractivity contribution in [2.45, 2.75) is 32.7 Å². The number of benzene rings is 1. The van der Waals surface area contributed by atoms with Crippen LogP contribution in [0.5, 0.6) is 5.75 Å². The Balaban J connectivity index is 2.10. The number of ether oxygens (including phenoxy) is 1. The summed E-state index contributed by atoms with van der Waals surface area (Å²) in [7, 11) is 1.56. The molecule has 24 heavy (non-hydrogen) atoms. The number of carbonyl (C=O) groups is 2. The van der Waals surface area contributed by atoms with Crippen LogP contribution in [0.15, 0.2) is 30.6 Å². The van der Waals surface area contributed by atoms with Gasteiger partial charge in [-0.1, -0.05) is 17.7 Å². The van der Waals surface area contributed by atoms with Crippen LogP contribution in [0.4, 0.5) is 5.69 Å². The lowest BCUT2D eigenvalue weighted by atomic mass is 10.1. The van der Waals surface area contributed by atoms with Crippen molar-refractivity contribution in [2.24, 2.45) is 0 Å². The summed E-state index contributed by atoms with van der Waals surface area (Å²) in [6.07, 6.45) is 3.08. The van der Waals surface area contributed by atoms with Crippen molar-refractivity contribution in [3.63, 3.8) is 0 Å². The van der Waals surface area contributed by atoms with E-state index in [1.54, 1.807) is 7.11 Å². The summed E-state index contributed by atoms with van der Waals surface area (Å²) in [6.45, 7) is 5.01. The minimum Gasteiger partial charge on any atom is -0.496 e. The molecule has 0 saturated heterocycles. The van der Waals surface area contributed by atoms with E-state index in [4.69, 9.17) is 4.74 Å². The molecule has 1 aromatic carbocycles. The highest BCUT2D eigenvalue weighted by atomic mass is 16.5. The minimum atomic E-state index is -1.19. The highest BCUT2D eigenvalue weighted by Crippen LogP contribution is 2.21. The van der Waals surface area contributed by atoms with Crippen LogP contribution in [0.3, 0.4) is 0 Å². The zero-order chi connectivity index (χ0) is 17.9. The van der Waals surface area contributed by atoms with Gasteiger partial charge in [0.2, 0.25) is 5.91 Å². The number of carboxylic acids is 1. The average Bonchev–Trinajstić information content (AvgIpc) is 2.96. The minimum absolute atomic E-state index is 0.151. The summed E-state index contributed by atoms with van der Waals surface area (Å²) in [4.78, 5) is 23.5. The van der Waals surface area contributed by atoms with Crippen LogP contribution in [0.25, 0.3) is 0 Å². The maximum atomic E-state index is 12.2. The number of nitrogens with one attached hydrogen (secondary N) is 1. The number of aliphatic carboxylic acids is 1. The van der Waals surface area contributed by atoms with Gasteiger partial charge in [-0.25, -0.2) is 4.79 Å². The van der Waals surface area contributed by atoms with Crippen molar-refractivity contribution in [2.75, 3.05) is 12.4 Å². The second-order valence-corrected chi connectivity index (χ2v) is 6.08. The molecule has 1 heterocycles. The first-order valence-electron chi connectivity index (χ1n) is 7.46. The smallest absolute Gasteiger partial charge is 0.331 e. The van der Waals surface area contributed by atoms with E-state index in [0.717, 1.165) is 11.1 Å². The van der Waals surface area contributed by atoms with Gasteiger partial charge < -0.3 is 15.2 Å². The molecular formula is C17H21N3O4. The fourth-order valence-corrected chi connectivity index (χ4v) is 2.21. The van der Waals surface area contributed by atoms with Gasteiger partial charge in [0, 0.05) is 11.8 Å². The highest BCUT2D eigenvalue weighted by molar-refractivity contribution is 5.92. The van der Waals surface area contributed by atoms with E-state index in [1.165, 1.54) is 30.9 Å². The molecule has 128 valence electrons. The van der Waals surface area contributed by atoms with Crippen molar-refractivity contribution in [3.05, 3.63) is 41.7 Å². The molecular weight excluding hydrogens is 310 g/mol. The number of methoxy groups -OCH3 is 1. The SMILES string of the molecule is COc1ccc(C)cc1CC(=O)Nc1cnn(C(C)(C)C(=O)O)c1. The Morgan fingerprint density at radius 2 is 2.08 bits per heavy atom. The lowest BCUT2D eigenvalue weighted by Crippen LogP contribution is -2.35. The summed E-state index contributed by atoms with van der Waals surface area (Å²) >= 11 is 0. The first-order chi connectivity index (χ1) is 11.2. The third-order valence-electron chi connectivity index (χ3n) is 3.75. The number of aryl methyl sites for hydroxylation is 1. The van der Waals surface area contributed by atoms with E-state index in [2.05, 4.69) is 10.4 Å². The van der Waals surface area contributed by atoms with Gasteiger partial charge in [-0.05, 0) is 26.8 Å². The molecule has 1 aromatic heterocycles. The second kappa shape index (κ2) is 6.74. The normalized spacial score (nSPS) is 11.2. The van der Waals surface area contributed by atoms with Crippen LogP contribution < -0.4 is 10.1 Å². The van der Waals surface area contributed by atoms with Crippen LogP contribution in [-0.2, 0) is 21.5 Å². The fourth-order valence-electron chi connectivity index (χ4n) is 2.21. The molecule has 0 bridgehead atoms. The average molecular weight is 331 g/mol. The Kier molecular flexibility index (Phi) is 4.92. The van der Waals surface area contributed by atoms with Crippen LogP contribution in [0.1, 0.15) is 25.0 Å². The molecule has 7 nitrogen and oxygen atoms in total. The van der Waals surface area contributed by atoms with E-state index in [9.17, 15) is 14.7 Å². The number of anilines is 1. The Morgan fingerprint density at radius 1 is 1.38 bits per heavy atom. The molecule has 1 amide bonds. The van der Waals surface area contributed by atoms with Crippen molar-refractivity contribution >= 4 is 17.6 Å². The summed E-state index contributed by atoms with van der Waals surface area (Å²) in [5.41, 5.74) is 1.08. The van der Waals surface area contributed by atoms with Gasteiger partial charge in [0.25, 0.3) is 0 Å². The molecule has 0 saturated carbocycles. The molecule has 0 atom stereocenters. The lowest BCUT2D eigenvalue weighted by Gasteiger charge is -2.19. The monoisotopic (exact) mass is 331 g/mol. The van der Waals surface area contributed by atoms with Crippen molar-refractivity contribution in [1.29, 1.82) is 0 Å². The number of hydrogen-bond acceptors (Lipinski definition) is 4. The van der Waals surface area contributed by atoms with Crippen LogP contribution >= 0.6 is 0 Å². The molecule has 0 aliphatic carbocycles. The summed E-state index contributed by atoms with van der Waals surface area (Å²) in [5, 5.41) is 15.9. The van der Waals surface area contributed by atoms with Gasteiger partial charge in [-0.2, -0.15) is 5.10 Å². The van der Waals surface area contributed by atoms with Crippen molar-refractivity contribution in [1.82, 2.24) is 9.78 Å². The van der Waals surface area contributed by atoms with Gasteiger partial charge in [0.15, 0.2) is 5.54 Å². The van der Waals surface area contributed by atoms with Crippen molar-refractivity contribution in [3.8, 4) is 5.75 Å². The van der Waals surface area contributed by atoms with Gasteiger partial charge >= 0.3 is 5.97 Å². The first kappa shape index (κ1) is 17.5. The van der Waals surface area contributed by atoms with Crippen molar-refractivity contribution < 1.29 is 19.4 Å². The fraction of sp³-hybridized carbons (Fsp3) is 0.353. The Labute approximate surface area is 140 Å². The van der Waals surface area contributed by atoms with Gasteiger partial charge in [-0.15, -0.1) is 0 Å². The highest BCUT2D eigenvalue weighted by Gasteiger charge is 2.30. The summed E-state index contributed by atoms with van der Waals surface area (Å²) < 4.78 is 6.57. The Bertz CT molecular complexity index is 765. The second-order valence-electron chi connectivity index (χ2n) is 6.08. The zero-order valence-corrected chi connectivity index (χ0v) is 14.2. The van der Waals surface area contributed by atoms with E-state index < -0.39 is 11.5 Å². The van der Waals surface area contributed by atoms with Crippen LogP contribution in [-0.4, -0.2) is 33.9 Å². The van der Waals surface area contributed by atoms with E-state index in [0.29, 0.717) is 11.4 Å². The molecule has 2 rings (SSSR count). The molecule has 0 unspecified atom stereocenters. The van der Waals surface area contributed by atoms with E-state index in [1.807, 2.05) is 25.1 Å². The first-order valence-corrected chi connectivity index (χ1v) is 7.46. The molecule has 0 aliphatic rings. The molecule has 0 fully saturated rings. The summed E-state index contributed by atoms with van der Waals surface area (Å²) in [5.74, 6) is -0.585. The molecule has 2 aromatic rings. The maximum absolute atomic E-state index is 12.2. The molecule has 0 spiro atoms. The number of aromatic nitrogens is 2. The van der Waals surface area contributed by atoms with Gasteiger partial charge in [0.1, 0.15) is 5.75 Å². The number of hydrogen-bond donors (Lipinski definition) is 2. The van der Waals surface area contributed by atoms with Crippen LogP contribution in [0, 0.1) is 6.92 Å². The third-order valence-corrected chi connectivity index (χ3v) is 3.75. The Morgan fingerprint density at radius 3 is 2.71 bits per heavy atom. The standard InChI is InChI=1S/C17H21N3O4/c1-11-5-6-14(24-4)12(7-11)8-15(21)19-13-9-18-20(10-13)17(2,3)16(22)23/h5-7,9-10H,8H2,1-4H3,(H,19,21)(H,22,23). The molecule has 7 heteroatoms. The predicted molar refractivity (Wildman–Crippen MR) is 89.2 cm³/mol. The largest absolute Gasteiger partial charge is 0.496 e. The van der Waals surface area contributed by atoms with E-state index in [-0.39, 0.29) is 12.3 Å². The third kappa shape index (κ3) is 3.73. The number of amides is 1. The Hall–Kier alpha value is -2.83. The number of nitrogens with zero attached hydrogens (tertiary/aromatic N) is 2. The number of carboxylic acid groups (broad SMARTS) is 1. The molecule has 2 N–H and O–H groups in total. The summed E-state index contributed by atoms with van der Waals surface area (Å²) in [6, 6.07) is 5.64. The van der Waals surface area contributed by atoms with Gasteiger partial charge in [-0.3, -0.25) is 9.48 Å². The number of carbonyl (C=O) groups excluding carboxylic acids is 1. The maximum Gasteiger partial charge on any atom is 0.331 e. The lowest BCUT2D eigenvalue weighted by molar-refractivity contribution is -0.146. The molecule has 0 aliphatic heterocycles. The van der Waals surface area contributed by atoms with E-state index >= 15 is 0 Å². The topological polar surface area (TPSA) is 93.5 Å².